The van der Waals surface area contributed by atoms with E-state index in [0.29, 0.717) is 18.5 Å². The lowest BCUT2D eigenvalue weighted by Crippen LogP contribution is -2.24. The predicted molar refractivity (Wildman–Crippen MR) is 106 cm³/mol. The molecule has 0 spiro atoms. The molecule has 0 atom stereocenters. The van der Waals surface area contributed by atoms with Gasteiger partial charge >= 0.3 is 0 Å². The highest BCUT2D eigenvalue weighted by atomic mass is 32.1. The summed E-state index contributed by atoms with van der Waals surface area (Å²) in [6.07, 6.45) is 4.22. The minimum absolute atomic E-state index is 0.125. The number of hydrogen-bond acceptors (Lipinski definition) is 7. The van der Waals surface area contributed by atoms with E-state index in [2.05, 4.69) is 15.1 Å². The Labute approximate surface area is 161 Å². The summed E-state index contributed by atoms with van der Waals surface area (Å²) >= 11 is 3.10. The van der Waals surface area contributed by atoms with Crippen LogP contribution < -0.4 is 5.56 Å². The first-order valence-electron chi connectivity index (χ1n) is 8.31. The zero-order valence-electron chi connectivity index (χ0n) is 14.4. The summed E-state index contributed by atoms with van der Waals surface area (Å²) in [5.41, 5.74) is 4.87. The van der Waals surface area contributed by atoms with Crippen molar-refractivity contribution in [2.24, 2.45) is 7.05 Å². The monoisotopic (exact) mass is 394 g/mol. The number of hydrogen-bond donors (Lipinski definition) is 0. The molecule has 0 N–H and O–H groups in total. The first kappa shape index (κ1) is 16.3. The second-order valence-electron chi connectivity index (χ2n) is 6.17. The van der Waals surface area contributed by atoms with Gasteiger partial charge in [0.15, 0.2) is 5.65 Å². The number of fused-ring (bicyclic) bond motifs is 3. The zero-order valence-corrected chi connectivity index (χ0v) is 16.0. The molecule has 5 aromatic rings. The van der Waals surface area contributed by atoms with Crippen LogP contribution in [0.3, 0.4) is 0 Å². The Morgan fingerprint density at radius 3 is 2.89 bits per heavy atom. The van der Waals surface area contributed by atoms with Gasteiger partial charge in [-0.2, -0.15) is 5.10 Å². The molecule has 0 aromatic carbocycles. The van der Waals surface area contributed by atoms with Gasteiger partial charge in [-0.3, -0.25) is 9.78 Å². The maximum Gasteiger partial charge on any atom is 0.291 e. The molecule has 0 radical (unpaired) electrons. The van der Waals surface area contributed by atoms with Crippen LogP contribution in [-0.4, -0.2) is 29.3 Å². The highest BCUT2D eigenvalue weighted by Gasteiger charge is 2.18. The third-order valence-corrected chi connectivity index (χ3v) is 6.14. The standard InChI is InChI=1S/C18H14N6OS2/c1-23-15-13(7-21-24(18(15)25)8-12-9-26-10-20-12)16-17(23)22-14(27-16)6-11-4-2-3-5-19-11/h2-5,7,9-10H,6,8H2,1H3. The average Bonchev–Trinajstić information content (AvgIpc) is 3.38. The van der Waals surface area contributed by atoms with Crippen LogP contribution >= 0.6 is 22.7 Å². The summed E-state index contributed by atoms with van der Waals surface area (Å²) in [6, 6.07) is 5.86. The highest BCUT2D eigenvalue weighted by molar-refractivity contribution is 7.19. The van der Waals surface area contributed by atoms with Crippen molar-refractivity contribution in [2.45, 2.75) is 13.0 Å². The number of thiazole rings is 2. The summed E-state index contributed by atoms with van der Waals surface area (Å²) in [6.45, 7) is 0.370. The molecule has 0 bridgehead atoms. The van der Waals surface area contributed by atoms with E-state index >= 15 is 0 Å². The normalized spacial score (nSPS) is 11.6. The van der Waals surface area contributed by atoms with Gasteiger partial charge in [-0.05, 0) is 12.1 Å². The largest absolute Gasteiger partial charge is 0.323 e. The summed E-state index contributed by atoms with van der Waals surface area (Å²) in [5, 5.41) is 8.10. The van der Waals surface area contributed by atoms with E-state index in [1.165, 1.54) is 16.0 Å². The maximum atomic E-state index is 12.9. The van der Waals surface area contributed by atoms with Gasteiger partial charge in [0.1, 0.15) is 10.5 Å². The lowest BCUT2D eigenvalue weighted by atomic mass is 10.3. The van der Waals surface area contributed by atoms with Crippen molar-refractivity contribution in [3.63, 3.8) is 0 Å². The van der Waals surface area contributed by atoms with Gasteiger partial charge in [-0.1, -0.05) is 6.07 Å². The summed E-state index contributed by atoms with van der Waals surface area (Å²) in [5.74, 6) is 0. The van der Waals surface area contributed by atoms with Crippen LogP contribution in [0.5, 0.6) is 0 Å². The Kier molecular flexibility index (Phi) is 3.83. The van der Waals surface area contributed by atoms with Gasteiger partial charge in [-0.25, -0.2) is 14.6 Å². The molecular weight excluding hydrogens is 380 g/mol. The average molecular weight is 394 g/mol. The van der Waals surface area contributed by atoms with Gasteiger partial charge < -0.3 is 4.57 Å². The molecule has 0 amide bonds. The van der Waals surface area contributed by atoms with Crippen LogP contribution in [0, 0.1) is 0 Å². The van der Waals surface area contributed by atoms with Gasteiger partial charge in [-0.15, -0.1) is 22.7 Å². The molecule has 0 saturated carbocycles. The molecule has 5 rings (SSSR count). The SMILES string of the molecule is Cn1c2nc(Cc3ccccn3)sc2c2cnn(Cc3cscn3)c(=O)c21. The van der Waals surface area contributed by atoms with Crippen LogP contribution in [0.1, 0.15) is 16.4 Å². The molecular formula is C18H14N6OS2. The molecule has 0 unspecified atom stereocenters. The molecule has 5 heterocycles. The fourth-order valence-electron chi connectivity index (χ4n) is 3.15. The Hall–Kier alpha value is -2.91. The molecule has 0 aliphatic rings. The van der Waals surface area contributed by atoms with Crippen molar-refractivity contribution in [3.05, 3.63) is 68.2 Å². The molecule has 134 valence electrons. The molecule has 9 heteroatoms. The molecule has 0 aliphatic heterocycles. The van der Waals surface area contributed by atoms with Crippen molar-refractivity contribution in [1.82, 2.24) is 29.3 Å². The quantitative estimate of drug-likeness (QED) is 0.468. The minimum Gasteiger partial charge on any atom is -0.323 e. The van der Waals surface area contributed by atoms with Crippen LogP contribution in [-0.2, 0) is 20.0 Å². The summed E-state index contributed by atoms with van der Waals surface area (Å²) in [4.78, 5) is 26.3. The summed E-state index contributed by atoms with van der Waals surface area (Å²) in [7, 11) is 1.88. The lowest BCUT2D eigenvalue weighted by molar-refractivity contribution is 0.635. The van der Waals surface area contributed by atoms with E-state index < -0.39 is 0 Å². The van der Waals surface area contributed by atoms with Gasteiger partial charge in [0.2, 0.25) is 0 Å². The smallest absolute Gasteiger partial charge is 0.291 e. The zero-order chi connectivity index (χ0) is 18.4. The topological polar surface area (TPSA) is 78.5 Å². The third-order valence-electron chi connectivity index (χ3n) is 4.42. The number of nitrogens with zero attached hydrogens (tertiary/aromatic N) is 6. The predicted octanol–water partition coefficient (Wildman–Crippen LogP) is 2.84. The number of rotatable bonds is 4. The number of pyridine rings is 1. The van der Waals surface area contributed by atoms with Crippen LogP contribution in [0.15, 0.2) is 46.3 Å². The van der Waals surface area contributed by atoms with E-state index in [4.69, 9.17) is 4.98 Å². The van der Waals surface area contributed by atoms with Crippen LogP contribution in [0.25, 0.3) is 21.3 Å². The van der Waals surface area contributed by atoms with Gasteiger partial charge in [0.05, 0.1) is 28.6 Å². The maximum absolute atomic E-state index is 12.9. The molecule has 0 fully saturated rings. The van der Waals surface area contributed by atoms with Crippen LogP contribution in [0.4, 0.5) is 0 Å². The number of aromatic nitrogens is 6. The van der Waals surface area contributed by atoms with E-state index in [9.17, 15) is 4.79 Å². The van der Waals surface area contributed by atoms with E-state index in [1.807, 2.05) is 35.2 Å². The first-order chi connectivity index (χ1) is 13.2. The molecule has 27 heavy (non-hydrogen) atoms. The first-order valence-corrected chi connectivity index (χ1v) is 10.1. The van der Waals surface area contributed by atoms with Crippen molar-refractivity contribution in [1.29, 1.82) is 0 Å². The molecule has 0 aliphatic carbocycles. The van der Waals surface area contributed by atoms with Crippen molar-refractivity contribution < 1.29 is 0 Å². The van der Waals surface area contributed by atoms with Crippen molar-refractivity contribution >= 4 is 43.9 Å². The molecule has 0 saturated heterocycles. The fraction of sp³-hybridized carbons (Fsp3) is 0.167. The highest BCUT2D eigenvalue weighted by Crippen LogP contribution is 2.31. The Bertz CT molecular complexity index is 1300. The Morgan fingerprint density at radius 1 is 1.19 bits per heavy atom. The number of aryl methyl sites for hydroxylation is 1. The second-order valence-corrected chi connectivity index (χ2v) is 7.97. The molecule has 7 nitrogen and oxygen atoms in total. The Morgan fingerprint density at radius 2 is 2.11 bits per heavy atom. The molecule has 5 aromatic heterocycles. The Balaban J connectivity index is 1.60. The second kappa shape index (κ2) is 6.36. The fourth-order valence-corrected chi connectivity index (χ4v) is 4.82. The summed E-state index contributed by atoms with van der Waals surface area (Å²) < 4.78 is 4.31. The van der Waals surface area contributed by atoms with E-state index in [-0.39, 0.29) is 5.56 Å². The van der Waals surface area contributed by atoms with E-state index in [0.717, 1.165) is 32.1 Å². The van der Waals surface area contributed by atoms with Crippen molar-refractivity contribution in [3.8, 4) is 0 Å². The van der Waals surface area contributed by atoms with E-state index in [1.54, 1.807) is 29.2 Å². The minimum atomic E-state index is -0.125. The van der Waals surface area contributed by atoms with Crippen LogP contribution in [0.2, 0.25) is 0 Å². The van der Waals surface area contributed by atoms with Gasteiger partial charge in [0.25, 0.3) is 5.56 Å². The van der Waals surface area contributed by atoms with Crippen molar-refractivity contribution in [2.75, 3.05) is 0 Å². The van der Waals surface area contributed by atoms with Gasteiger partial charge in [0, 0.05) is 36.1 Å². The lowest BCUT2D eigenvalue weighted by Gasteiger charge is -2.03. The third kappa shape index (κ3) is 2.75.